The van der Waals surface area contributed by atoms with Crippen molar-refractivity contribution in [3.8, 4) is 0 Å². The summed E-state index contributed by atoms with van der Waals surface area (Å²) >= 11 is 0.737. The number of nitro groups is 1. The van der Waals surface area contributed by atoms with Gasteiger partial charge in [-0.25, -0.2) is 0 Å². The van der Waals surface area contributed by atoms with Crippen molar-refractivity contribution >= 4 is 35.0 Å². The first kappa shape index (κ1) is 21.2. The summed E-state index contributed by atoms with van der Waals surface area (Å²) < 4.78 is 38.1. The van der Waals surface area contributed by atoms with Crippen molar-refractivity contribution in [1.29, 1.82) is 0 Å². The Morgan fingerprint density at radius 1 is 1.18 bits per heavy atom. The number of hydrogen-bond acceptors (Lipinski definition) is 5. The average molecular weight is 413 g/mol. The fourth-order valence-corrected chi connectivity index (χ4v) is 2.99. The molecular formula is C17H14F3N3O4S. The Hall–Kier alpha value is -3.08. The van der Waals surface area contributed by atoms with Crippen LogP contribution in [0.3, 0.4) is 0 Å². The molecule has 7 nitrogen and oxygen atoms in total. The number of amides is 2. The summed E-state index contributed by atoms with van der Waals surface area (Å²) in [7, 11) is 1.46. The largest absolute Gasteiger partial charge is 0.416 e. The van der Waals surface area contributed by atoms with E-state index in [1.54, 1.807) is 18.2 Å². The van der Waals surface area contributed by atoms with Gasteiger partial charge in [-0.05, 0) is 30.3 Å². The molecule has 2 aromatic rings. The zero-order chi connectivity index (χ0) is 20.9. The van der Waals surface area contributed by atoms with Crippen LogP contribution >= 0.6 is 11.8 Å². The van der Waals surface area contributed by atoms with E-state index < -0.39 is 28.3 Å². The first-order chi connectivity index (χ1) is 13.1. The Labute approximate surface area is 161 Å². The average Bonchev–Trinajstić information content (AvgIpc) is 2.64. The summed E-state index contributed by atoms with van der Waals surface area (Å²) in [6.07, 6.45) is -4.71. The number of alkyl halides is 3. The number of anilines is 1. The van der Waals surface area contributed by atoms with Crippen LogP contribution in [-0.4, -0.2) is 29.5 Å². The topological polar surface area (TPSA) is 101 Å². The van der Waals surface area contributed by atoms with Crippen LogP contribution in [-0.2, 0) is 11.0 Å². The summed E-state index contributed by atoms with van der Waals surface area (Å²) in [4.78, 5) is 33.7. The second kappa shape index (κ2) is 8.74. The monoisotopic (exact) mass is 413 g/mol. The van der Waals surface area contributed by atoms with Crippen molar-refractivity contribution in [3.05, 3.63) is 63.7 Å². The Kier molecular flexibility index (Phi) is 6.62. The summed E-state index contributed by atoms with van der Waals surface area (Å²) in [5.74, 6) is -1.14. The van der Waals surface area contributed by atoms with Gasteiger partial charge in [-0.2, -0.15) is 13.2 Å². The van der Waals surface area contributed by atoms with Gasteiger partial charge >= 0.3 is 6.18 Å². The number of rotatable bonds is 6. The Balaban J connectivity index is 2.09. The molecule has 2 amide bonds. The molecule has 0 saturated carbocycles. The van der Waals surface area contributed by atoms with E-state index >= 15 is 0 Å². The van der Waals surface area contributed by atoms with E-state index in [1.807, 2.05) is 0 Å². The number of nitro benzene ring substituents is 1. The number of nitrogens with one attached hydrogen (secondary N) is 2. The molecule has 2 N–H and O–H groups in total. The minimum absolute atomic E-state index is 0.0627. The van der Waals surface area contributed by atoms with Gasteiger partial charge in [-0.1, -0.05) is 6.07 Å². The van der Waals surface area contributed by atoms with Crippen LogP contribution in [0.2, 0.25) is 0 Å². The zero-order valence-corrected chi connectivity index (χ0v) is 15.2. The third-order valence-electron chi connectivity index (χ3n) is 3.48. The van der Waals surface area contributed by atoms with Crippen molar-refractivity contribution in [2.75, 3.05) is 18.1 Å². The molecule has 148 valence electrons. The molecule has 0 heterocycles. The first-order valence-electron chi connectivity index (χ1n) is 7.72. The highest BCUT2D eigenvalue weighted by molar-refractivity contribution is 8.00. The van der Waals surface area contributed by atoms with E-state index in [0.717, 1.165) is 23.9 Å². The van der Waals surface area contributed by atoms with Gasteiger partial charge in [0.25, 0.3) is 11.6 Å². The van der Waals surface area contributed by atoms with Crippen LogP contribution in [0.1, 0.15) is 15.9 Å². The summed E-state index contributed by atoms with van der Waals surface area (Å²) in [5, 5.41) is 16.0. The third kappa shape index (κ3) is 5.46. The van der Waals surface area contributed by atoms with Crippen molar-refractivity contribution < 1.29 is 27.7 Å². The molecule has 0 aliphatic rings. The van der Waals surface area contributed by atoms with Crippen LogP contribution in [0, 0.1) is 10.1 Å². The maximum Gasteiger partial charge on any atom is 0.416 e. The van der Waals surface area contributed by atoms with E-state index in [-0.39, 0.29) is 16.6 Å². The lowest BCUT2D eigenvalue weighted by atomic mass is 10.2. The lowest BCUT2D eigenvalue weighted by molar-refractivity contribution is -0.388. The maximum atomic E-state index is 12.7. The molecular weight excluding hydrogens is 399 g/mol. The SMILES string of the molecule is CNC(=O)c1cccc(NC(=O)CSc2ccc(C(F)(F)F)cc2[N+](=O)[O-])c1. The second-order valence-electron chi connectivity index (χ2n) is 5.43. The number of hydrogen-bond donors (Lipinski definition) is 2. The Bertz CT molecular complexity index is 919. The van der Waals surface area contributed by atoms with Crippen molar-refractivity contribution in [2.24, 2.45) is 0 Å². The molecule has 28 heavy (non-hydrogen) atoms. The van der Waals surface area contributed by atoms with Gasteiger partial charge in [-0.15, -0.1) is 11.8 Å². The molecule has 0 aliphatic carbocycles. The number of nitrogens with zero attached hydrogens (tertiary/aromatic N) is 1. The van der Waals surface area contributed by atoms with Crippen molar-refractivity contribution in [3.63, 3.8) is 0 Å². The molecule has 2 aromatic carbocycles. The molecule has 0 atom stereocenters. The molecule has 0 fully saturated rings. The molecule has 0 aromatic heterocycles. The standard InChI is InChI=1S/C17H14F3N3O4S/c1-21-16(25)10-3-2-4-12(7-10)22-15(24)9-28-14-6-5-11(17(18,19)20)8-13(14)23(26)27/h2-8H,9H2,1H3,(H,21,25)(H,22,24). The summed E-state index contributed by atoms with van der Waals surface area (Å²) in [6.45, 7) is 0. The molecule has 0 unspecified atom stereocenters. The quantitative estimate of drug-likeness (QED) is 0.427. The van der Waals surface area contributed by atoms with E-state index in [4.69, 9.17) is 0 Å². The third-order valence-corrected chi connectivity index (χ3v) is 4.54. The van der Waals surface area contributed by atoms with Gasteiger partial charge in [0.15, 0.2) is 0 Å². The van der Waals surface area contributed by atoms with E-state index in [0.29, 0.717) is 17.3 Å². The molecule has 0 saturated heterocycles. The molecule has 2 rings (SSSR count). The van der Waals surface area contributed by atoms with Crippen molar-refractivity contribution in [1.82, 2.24) is 5.32 Å². The minimum Gasteiger partial charge on any atom is -0.355 e. The van der Waals surface area contributed by atoms with E-state index in [9.17, 15) is 32.9 Å². The van der Waals surface area contributed by atoms with Crippen LogP contribution in [0.5, 0.6) is 0 Å². The van der Waals surface area contributed by atoms with Crippen molar-refractivity contribution in [2.45, 2.75) is 11.1 Å². The minimum atomic E-state index is -4.71. The van der Waals surface area contributed by atoms with Gasteiger partial charge < -0.3 is 10.6 Å². The second-order valence-corrected chi connectivity index (χ2v) is 6.45. The van der Waals surface area contributed by atoms with Crippen LogP contribution in [0.4, 0.5) is 24.5 Å². The normalized spacial score (nSPS) is 11.0. The number of halogens is 3. The summed E-state index contributed by atoms with van der Waals surface area (Å²) in [6, 6.07) is 8.23. The maximum absolute atomic E-state index is 12.7. The fourth-order valence-electron chi connectivity index (χ4n) is 2.18. The lowest BCUT2D eigenvalue weighted by Crippen LogP contribution is -2.19. The first-order valence-corrected chi connectivity index (χ1v) is 8.71. The van der Waals surface area contributed by atoms with Gasteiger partial charge in [-0.3, -0.25) is 19.7 Å². The number of benzene rings is 2. The highest BCUT2D eigenvalue weighted by atomic mass is 32.2. The molecule has 0 radical (unpaired) electrons. The predicted octanol–water partition coefficient (Wildman–Crippen LogP) is 3.70. The molecule has 0 bridgehead atoms. The highest BCUT2D eigenvalue weighted by Gasteiger charge is 2.33. The highest BCUT2D eigenvalue weighted by Crippen LogP contribution is 2.36. The smallest absolute Gasteiger partial charge is 0.355 e. The molecule has 11 heteroatoms. The van der Waals surface area contributed by atoms with E-state index in [2.05, 4.69) is 10.6 Å². The predicted molar refractivity (Wildman–Crippen MR) is 97.3 cm³/mol. The molecule has 0 aliphatic heterocycles. The lowest BCUT2D eigenvalue weighted by Gasteiger charge is -2.09. The zero-order valence-electron chi connectivity index (χ0n) is 14.4. The summed E-state index contributed by atoms with van der Waals surface area (Å²) in [5.41, 5.74) is -1.20. The van der Waals surface area contributed by atoms with Crippen LogP contribution in [0.25, 0.3) is 0 Å². The number of carbonyl (C=O) groups excluding carboxylic acids is 2. The fraction of sp³-hybridized carbons (Fsp3) is 0.176. The van der Waals surface area contributed by atoms with Gasteiger partial charge in [0.2, 0.25) is 5.91 Å². The van der Waals surface area contributed by atoms with Gasteiger partial charge in [0, 0.05) is 24.4 Å². The van der Waals surface area contributed by atoms with Crippen LogP contribution in [0.15, 0.2) is 47.4 Å². The Morgan fingerprint density at radius 3 is 2.50 bits per heavy atom. The Morgan fingerprint density at radius 2 is 1.89 bits per heavy atom. The van der Waals surface area contributed by atoms with Gasteiger partial charge in [0.05, 0.1) is 21.1 Å². The number of carbonyl (C=O) groups is 2. The van der Waals surface area contributed by atoms with E-state index in [1.165, 1.54) is 13.1 Å². The van der Waals surface area contributed by atoms with Gasteiger partial charge in [0.1, 0.15) is 0 Å². The molecule has 0 spiro atoms. The number of thioether (sulfide) groups is 1. The van der Waals surface area contributed by atoms with Crippen LogP contribution < -0.4 is 10.6 Å².